The number of nitrogens with zero attached hydrogens (tertiary/aromatic N) is 7. The Balaban J connectivity index is 2.57. The summed E-state index contributed by atoms with van der Waals surface area (Å²) in [5.41, 5.74) is 0.145. The van der Waals surface area contributed by atoms with Gasteiger partial charge in [-0.05, 0) is 0 Å². The molecular weight excluding hydrogens is 234 g/mol. The van der Waals surface area contributed by atoms with Crippen molar-refractivity contribution in [1.29, 1.82) is 5.26 Å². The SMILES string of the molecule is CC(C)(C)c1c(C#N)nnn1C(=O)n1ccnn1. The highest BCUT2D eigenvalue weighted by Gasteiger charge is 2.29. The molecule has 8 heteroatoms. The van der Waals surface area contributed by atoms with Gasteiger partial charge in [-0.2, -0.15) is 14.6 Å². The van der Waals surface area contributed by atoms with Gasteiger partial charge in [0, 0.05) is 5.41 Å². The summed E-state index contributed by atoms with van der Waals surface area (Å²) >= 11 is 0. The molecule has 0 aliphatic rings. The number of hydrogen-bond acceptors (Lipinski definition) is 6. The Kier molecular flexibility index (Phi) is 2.67. The summed E-state index contributed by atoms with van der Waals surface area (Å²) < 4.78 is 2.11. The Morgan fingerprint density at radius 2 is 2.11 bits per heavy atom. The Hall–Kier alpha value is -2.56. The van der Waals surface area contributed by atoms with E-state index >= 15 is 0 Å². The first-order valence-corrected chi connectivity index (χ1v) is 5.22. The number of rotatable bonds is 0. The van der Waals surface area contributed by atoms with Crippen LogP contribution in [0, 0.1) is 11.3 Å². The topological polar surface area (TPSA) is 102 Å². The quantitative estimate of drug-likeness (QED) is 0.671. The predicted molar refractivity (Wildman–Crippen MR) is 59.7 cm³/mol. The average Bonchev–Trinajstić information content (AvgIpc) is 2.96. The average molecular weight is 245 g/mol. The maximum atomic E-state index is 12.1. The lowest BCUT2D eigenvalue weighted by Crippen LogP contribution is -2.28. The van der Waals surface area contributed by atoms with E-state index in [2.05, 4.69) is 20.6 Å². The summed E-state index contributed by atoms with van der Waals surface area (Å²) in [6, 6.07) is 1.41. The van der Waals surface area contributed by atoms with Crippen molar-refractivity contribution in [1.82, 2.24) is 30.0 Å². The molecule has 0 unspecified atom stereocenters. The number of hydrogen-bond donors (Lipinski definition) is 0. The number of carbonyl (C=O) groups excluding carboxylic acids is 1. The van der Waals surface area contributed by atoms with Crippen LogP contribution in [0.1, 0.15) is 32.2 Å². The van der Waals surface area contributed by atoms with Crippen molar-refractivity contribution in [3.05, 3.63) is 23.8 Å². The van der Waals surface area contributed by atoms with Crippen LogP contribution in [0.4, 0.5) is 4.79 Å². The van der Waals surface area contributed by atoms with Crippen LogP contribution < -0.4 is 0 Å². The zero-order valence-corrected chi connectivity index (χ0v) is 10.2. The van der Waals surface area contributed by atoms with Crippen molar-refractivity contribution in [3.8, 4) is 6.07 Å². The van der Waals surface area contributed by atoms with Crippen molar-refractivity contribution >= 4 is 6.03 Å². The molecule has 0 aromatic carbocycles. The van der Waals surface area contributed by atoms with Crippen molar-refractivity contribution in [2.24, 2.45) is 0 Å². The molecule has 0 atom stereocenters. The number of carbonyl (C=O) groups is 1. The largest absolute Gasteiger partial charge is 0.372 e. The Labute approximate surface area is 103 Å². The van der Waals surface area contributed by atoms with Crippen molar-refractivity contribution < 1.29 is 4.79 Å². The van der Waals surface area contributed by atoms with Crippen LogP contribution >= 0.6 is 0 Å². The first-order valence-electron chi connectivity index (χ1n) is 5.22. The molecule has 0 bridgehead atoms. The van der Waals surface area contributed by atoms with Crippen LogP contribution in [0.5, 0.6) is 0 Å². The van der Waals surface area contributed by atoms with Crippen molar-refractivity contribution in [2.45, 2.75) is 26.2 Å². The highest BCUT2D eigenvalue weighted by Crippen LogP contribution is 2.24. The van der Waals surface area contributed by atoms with E-state index in [4.69, 9.17) is 5.26 Å². The van der Waals surface area contributed by atoms with E-state index in [9.17, 15) is 4.79 Å². The number of aromatic nitrogens is 6. The second kappa shape index (κ2) is 4.03. The molecular formula is C10H11N7O. The lowest BCUT2D eigenvalue weighted by molar-refractivity contribution is 0.235. The molecule has 0 aliphatic carbocycles. The maximum absolute atomic E-state index is 12.1. The Bertz CT molecular complexity index is 612. The van der Waals surface area contributed by atoms with Gasteiger partial charge in [0.2, 0.25) is 0 Å². The summed E-state index contributed by atoms with van der Waals surface area (Å²) in [5.74, 6) is 0. The van der Waals surface area contributed by atoms with Gasteiger partial charge >= 0.3 is 6.03 Å². The first-order chi connectivity index (χ1) is 8.45. The van der Waals surface area contributed by atoms with Crippen LogP contribution in [0.25, 0.3) is 0 Å². The molecule has 0 radical (unpaired) electrons. The molecule has 8 nitrogen and oxygen atoms in total. The molecule has 2 heterocycles. The summed E-state index contributed by atoms with van der Waals surface area (Å²) in [4.78, 5) is 12.1. The van der Waals surface area contributed by atoms with Gasteiger partial charge in [-0.15, -0.1) is 10.2 Å². The van der Waals surface area contributed by atoms with Gasteiger partial charge in [-0.3, -0.25) is 0 Å². The minimum atomic E-state index is -0.522. The number of nitriles is 1. The fourth-order valence-corrected chi connectivity index (χ4v) is 1.57. The molecule has 2 aromatic rings. The lowest BCUT2D eigenvalue weighted by Gasteiger charge is -2.18. The predicted octanol–water partition coefficient (Wildman–Crippen LogP) is 0.555. The minimum Gasteiger partial charge on any atom is -0.243 e. The van der Waals surface area contributed by atoms with Gasteiger partial charge in [0.1, 0.15) is 6.07 Å². The standard InChI is InChI=1S/C10H11N7O/c1-10(2,3)8-7(6-11)13-15-17(8)9(18)16-5-4-12-14-16/h4-5H,1-3H3. The van der Waals surface area contributed by atoms with E-state index in [0.717, 1.165) is 9.36 Å². The van der Waals surface area contributed by atoms with E-state index < -0.39 is 11.4 Å². The van der Waals surface area contributed by atoms with E-state index in [1.165, 1.54) is 12.4 Å². The van der Waals surface area contributed by atoms with Crippen LogP contribution in [-0.4, -0.2) is 36.0 Å². The molecule has 0 saturated heterocycles. The van der Waals surface area contributed by atoms with Crippen LogP contribution in [0.3, 0.4) is 0 Å². The first kappa shape index (κ1) is 11.9. The fraction of sp³-hybridized carbons (Fsp3) is 0.400. The zero-order valence-electron chi connectivity index (χ0n) is 10.2. The van der Waals surface area contributed by atoms with E-state index in [0.29, 0.717) is 5.69 Å². The fourth-order valence-electron chi connectivity index (χ4n) is 1.57. The Morgan fingerprint density at radius 3 is 2.61 bits per heavy atom. The molecule has 18 heavy (non-hydrogen) atoms. The van der Waals surface area contributed by atoms with Crippen molar-refractivity contribution in [3.63, 3.8) is 0 Å². The van der Waals surface area contributed by atoms with Crippen LogP contribution in [0.15, 0.2) is 12.4 Å². The van der Waals surface area contributed by atoms with Gasteiger partial charge in [-0.25, -0.2) is 4.79 Å². The van der Waals surface area contributed by atoms with Gasteiger partial charge in [0.15, 0.2) is 5.69 Å². The van der Waals surface area contributed by atoms with Gasteiger partial charge < -0.3 is 0 Å². The smallest absolute Gasteiger partial charge is 0.243 e. The summed E-state index contributed by atoms with van der Waals surface area (Å²) in [5, 5.41) is 23.6. The summed E-state index contributed by atoms with van der Waals surface area (Å²) in [6.45, 7) is 5.62. The third kappa shape index (κ3) is 1.86. The van der Waals surface area contributed by atoms with Gasteiger partial charge in [-0.1, -0.05) is 31.2 Å². The highest BCUT2D eigenvalue weighted by atomic mass is 16.2. The van der Waals surface area contributed by atoms with E-state index in [1.807, 2.05) is 26.8 Å². The molecule has 0 spiro atoms. The minimum absolute atomic E-state index is 0.135. The van der Waals surface area contributed by atoms with Gasteiger partial charge in [0.05, 0.1) is 18.1 Å². The molecule has 0 aliphatic heterocycles. The molecule has 0 saturated carbocycles. The Morgan fingerprint density at radius 1 is 1.39 bits per heavy atom. The third-order valence-corrected chi connectivity index (χ3v) is 2.29. The van der Waals surface area contributed by atoms with Crippen molar-refractivity contribution in [2.75, 3.05) is 0 Å². The summed E-state index contributed by atoms with van der Waals surface area (Å²) in [7, 11) is 0. The van der Waals surface area contributed by atoms with E-state index in [1.54, 1.807) is 0 Å². The monoisotopic (exact) mass is 245 g/mol. The summed E-state index contributed by atoms with van der Waals surface area (Å²) in [6.07, 6.45) is 2.79. The van der Waals surface area contributed by atoms with Crippen LogP contribution in [0.2, 0.25) is 0 Å². The molecule has 0 amide bonds. The van der Waals surface area contributed by atoms with E-state index in [-0.39, 0.29) is 5.69 Å². The highest BCUT2D eigenvalue weighted by molar-refractivity contribution is 5.78. The second-order valence-electron chi connectivity index (χ2n) is 4.69. The van der Waals surface area contributed by atoms with Gasteiger partial charge in [0.25, 0.3) is 0 Å². The van der Waals surface area contributed by atoms with Crippen LogP contribution in [-0.2, 0) is 5.41 Å². The second-order valence-corrected chi connectivity index (χ2v) is 4.69. The molecule has 2 rings (SSSR count). The molecule has 2 aromatic heterocycles. The molecule has 92 valence electrons. The molecule has 0 N–H and O–H groups in total. The lowest BCUT2D eigenvalue weighted by atomic mass is 9.90. The normalized spacial score (nSPS) is 11.2. The molecule has 0 fully saturated rings. The maximum Gasteiger partial charge on any atom is 0.372 e. The third-order valence-electron chi connectivity index (χ3n) is 2.29. The zero-order chi connectivity index (χ0) is 13.3.